The van der Waals surface area contributed by atoms with Crippen molar-refractivity contribution in [2.24, 2.45) is 0 Å². The topological polar surface area (TPSA) is 105 Å². The number of hydrogen-bond donors (Lipinski definition) is 2. The van der Waals surface area contributed by atoms with Crippen molar-refractivity contribution >= 4 is 38.9 Å². The molecule has 30 heavy (non-hydrogen) atoms. The monoisotopic (exact) mass is 429 g/mol. The lowest BCUT2D eigenvalue weighted by atomic mass is 10.1. The van der Waals surface area contributed by atoms with Crippen LogP contribution in [0.15, 0.2) is 47.4 Å². The Morgan fingerprint density at radius 2 is 1.83 bits per heavy atom. The van der Waals surface area contributed by atoms with Crippen LogP contribution in [0.5, 0.6) is 0 Å². The summed E-state index contributed by atoms with van der Waals surface area (Å²) in [4.78, 5) is 25.6. The van der Waals surface area contributed by atoms with Gasteiger partial charge in [-0.3, -0.25) is 14.3 Å². The maximum absolute atomic E-state index is 12.7. The van der Waals surface area contributed by atoms with E-state index in [4.69, 9.17) is 4.74 Å². The minimum atomic E-state index is -3.78. The van der Waals surface area contributed by atoms with E-state index in [-0.39, 0.29) is 22.8 Å². The highest BCUT2D eigenvalue weighted by Gasteiger charge is 2.32. The number of amides is 2. The number of fused-ring (bicyclic) bond motifs is 1. The van der Waals surface area contributed by atoms with Gasteiger partial charge in [0.1, 0.15) is 6.10 Å². The second-order valence-corrected chi connectivity index (χ2v) is 9.08. The maximum atomic E-state index is 12.7. The number of hydrogen-bond acceptors (Lipinski definition) is 5. The molecule has 0 radical (unpaired) electrons. The summed E-state index contributed by atoms with van der Waals surface area (Å²) >= 11 is 0. The van der Waals surface area contributed by atoms with Crippen LogP contribution in [0, 0.1) is 0 Å². The molecule has 1 fully saturated rings. The molecule has 8 nitrogen and oxygen atoms in total. The largest absolute Gasteiger partial charge is 0.368 e. The molecule has 158 valence electrons. The number of nitrogens with zero attached hydrogens (tertiary/aromatic N) is 1. The minimum Gasteiger partial charge on any atom is -0.368 e. The maximum Gasteiger partial charge on any atom is 0.261 e. The van der Waals surface area contributed by atoms with Gasteiger partial charge >= 0.3 is 0 Å². The van der Waals surface area contributed by atoms with Gasteiger partial charge in [-0.05, 0) is 67.3 Å². The molecule has 0 saturated carbocycles. The zero-order chi connectivity index (χ0) is 21.3. The Labute approximate surface area is 175 Å². The Balaban J connectivity index is 1.49. The first kappa shape index (κ1) is 20.4. The van der Waals surface area contributed by atoms with Crippen molar-refractivity contribution in [3.05, 3.63) is 48.0 Å². The van der Waals surface area contributed by atoms with Gasteiger partial charge in [0, 0.05) is 37.1 Å². The predicted molar refractivity (Wildman–Crippen MR) is 113 cm³/mol. The molecule has 0 spiro atoms. The molecule has 0 bridgehead atoms. The third-order valence-electron chi connectivity index (χ3n) is 5.18. The van der Waals surface area contributed by atoms with Gasteiger partial charge in [-0.1, -0.05) is 0 Å². The second-order valence-electron chi connectivity index (χ2n) is 7.40. The van der Waals surface area contributed by atoms with Crippen LogP contribution in [-0.4, -0.2) is 39.5 Å². The van der Waals surface area contributed by atoms with Crippen molar-refractivity contribution in [3.8, 4) is 0 Å². The van der Waals surface area contributed by atoms with E-state index in [1.807, 2.05) is 0 Å². The summed E-state index contributed by atoms with van der Waals surface area (Å²) in [5.74, 6) is -0.257. The molecule has 4 rings (SSSR count). The Morgan fingerprint density at radius 3 is 2.50 bits per heavy atom. The molecule has 2 aliphatic heterocycles. The molecule has 2 aromatic carbocycles. The molecule has 2 amide bonds. The highest BCUT2D eigenvalue weighted by atomic mass is 32.2. The third kappa shape index (κ3) is 4.17. The quantitative estimate of drug-likeness (QED) is 0.760. The summed E-state index contributed by atoms with van der Waals surface area (Å²) in [6, 6.07) is 11.1. The van der Waals surface area contributed by atoms with Gasteiger partial charge in [-0.25, -0.2) is 8.42 Å². The fourth-order valence-electron chi connectivity index (χ4n) is 3.78. The van der Waals surface area contributed by atoms with Crippen molar-refractivity contribution in [1.29, 1.82) is 0 Å². The van der Waals surface area contributed by atoms with Crippen molar-refractivity contribution in [2.45, 2.75) is 37.2 Å². The van der Waals surface area contributed by atoms with Gasteiger partial charge in [0.25, 0.3) is 15.9 Å². The smallest absolute Gasteiger partial charge is 0.261 e. The molecular formula is C21H23N3O5S. The minimum absolute atomic E-state index is 0.0289. The van der Waals surface area contributed by atoms with Crippen LogP contribution in [0.1, 0.15) is 25.3 Å². The van der Waals surface area contributed by atoms with E-state index >= 15 is 0 Å². The van der Waals surface area contributed by atoms with Gasteiger partial charge in [0.05, 0.1) is 4.90 Å². The standard InChI is InChI=1S/C21H23N3O5S/c1-14(25)22-16-4-7-18(8-5-16)30(27,28)23-17-6-9-19-15(13-17)10-11-24(19)21(26)20-3-2-12-29-20/h4-9,13,20,23H,2-3,10-12H2,1H3,(H,22,25). The highest BCUT2D eigenvalue weighted by molar-refractivity contribution is 7.92. The molecule has 2 aliphatic rings. The van der Waals surface area contributed by atoms with Crippen LogP contribution >= 0.6 is 0 Å². The van der Waals surface area contributed by atoms with Crippen LogP contribution < -0.4 is 14.9 Å². The van der Waals surface area contributed by atoms with E-state index in [0.717, 1.165) is 24.1 Å². The molecule has 1 unspecified atom stereocenters. The van der Waals surface area contributed by atoms with Crippen LogP contribution in [0.2, 0.25) is 0 Å². The first-order chi connectivity index (χ1) is 14.3. The van der Waals surface area contributed by atoms with Gasteiger partial charge in [-0.2, -0.15) is 0 Å². The first-order valence-corrected chi connectivity index (χ1v) is 11.3. The number of anilines is 3. The predicted octanol–water partition coefficient (Wildman–Crippen LogP) is 2.51. The Bertz CT molecular complexity index is 1080. The molecule has 0 aromatic heterocycles. The normalized spacial score (nSPS) is 18.2. The lowest BCUT2D eigenvalue weighted by Crippen LogP contribution is -2.37. The second kappa shape index (κ2) is 8.08. The Morgan fingerprint density at radius 1 is 1.10 bits per heavy atom. The zero-order valence-corrected chi connectivity index (χ0v) is 17.4. The SMILES string of the molecule is CC(=O)Nc1ccc(S(=O)(=O)Nc2ccc3c(c2)CCN3C(=O)C2CCCO2)cc1. The summed E-state index contributed by atoms with van der Waals surface area (Å²) in [6.45, 7) is 2.56. The van der Waals surface area contributed by atoms with Gasteiger partial charge < -0.3 is 15.0 Å². The number of ether oxygens (including phenoxy) is 1. The summed E-state index contributed by atoms with van der Waals surface area (Å²) in [5.41, 5.74) is 2.68. The van der Waals surface area contributed by atoms with Gasteiger partial charge in [0.15, 0.2) is 0 Å². The van der Waals surface area contributed by atoms with Crippen LogP contribution in [0.25, 0.3) is 0 Å². The van der Waals surface area contributed by atoms with E-state index < -0.39 is 10.0 Å². The zero-order valence-electron chi connectivity index (χ0n) is 16.6. The lowest BCUT2D eigenvalue weighted by molar-refractivity contribution is -0.127. The van der Waals surface area contributed by atoms with Crippen molar-refractivity contribution in [1.82, 2.24) is 0 Å². The first-order valence-electron chi connectivity index (χ1n) is 9.80. The number of carbonyl (C=O) groups excluding carboxylic acids is 2. The van der Waals surface area contributed by atoms with Gasteiger partial charge in [-0.15, -0.1) is 0 Å². The molecular weight excluding hydrogens is 406 g/mol. The number of sulfonamides is 1. The van der Waals surface area contributed by atoms with E-state index in [1.54, 1.807) is 23.1 Å². The molecule has 1 atom stereocenters. The molecule has 0 aliphatic carbocycles. The molecule has 9 heteroatoms. The highest BCUT2D eigenvalue weighted by Crippen LogP contribution is 2.33. The fourth-order valence-corrected chi connectivity index (χ4v) is 4.82. The van der Waals surface area contributed by atoms with E-state index in [1.165, 1.54) is 31.2 Å². The number of nitrogens with one attached hydrogen (secondary N) is 2. The van der Waals surface area contributed by atoms with Crippen molar-refractivity contribution in [2.75, 3.05) is 28.1 Å². The number of rotatable bonds is 5. The van der Waals surface area contributed by atoms with E-state index in [2.05, 4.69) is 10.0 Å². The summed E-state index contributed by atoms with van der Waals surface area (Å²) in [7, 11) is -3.78. The van der Waals surface area contributed by atoms with Crippen LogP contribution in [0.3, 0.4) is 0 Å². The van der Waals surface area contributed by atoms with Crippen molar-refractivity contribution in [3.63, 3.8) is 0 Å². The van der Waals surface area contributed by atoms with Crippen LogP contribution in [-0.2, 0) is 30.8 Å². The van der Waals surface area contributed by atoms with E-state index in [9.17, 15) is 18.0 Å². The number of benzene rings is 2. The average molecular weight is 429 g/mol. The summed E-state index contributed by atoms with van der Waals surface area (Å²) in [6.07, 6.45) is 1.91. The molecule has 2 heterocycles. The lowest BCUT2D eigenvalue weighted by Gasteiger charge is -2.21. The third-order valence-corrected chi connectivity index (χ3v) is 6.58. The summed E-state index contributed by atoms with van der Waals surface area (Å²) in [5, 5.41) is 2.60. The Kier molecular flexibility index (Phi) is 5.48. The van der Waals surface area contributed by atoms with Crippen molar-refractivity contribution < 1.29 is 22.7 Å². The summed E-state index contributed by atoms with van der Waals surface area (Å²) < 4.78 is 33.5. The molecule has 1 saturated heterocycles. The molecule has 2 N–H and O–H groups in total. The van der Waals surface area contributed by atoms with Crippen LogP contribution in [0.4, 0.5) is 17.1 Å². The molecule has 2 aromatic rings. The fraction of sp³-hybridized carbons (Fsp3) is 0.333. The number of carbonyl (C=O) groups is 2. The van der Waals surface area contributed by atoms with E-state index in [0.29, 0.717) is 30.9 Å². The van der Waals surface area contributed by atoms with Gasteiger partial charge in [0.2, 0.25) is 5.91 Å². The average Bonchev–Trinajstić information content (AvgIpc) is 3.37. The Hall–Kier alpha value is -2.91.